The molecule has 4 aromatic rings. The molecule has 29 heavy (non-hydrogen) atoms. The standard InChI is InChI=1S/C20H17F2N5OS/c1-10-4-5-15-13(8-10)9-14(11(2)24-15)18(28)26-20-25-12(3)16(29-20)17-23-6-7-27(17)19(21)22/h4-9,19H,1-3H3,(H,25,26,28). The first kappa shape index (κ1) is 19.1. The summed E-state index contributed by atoms with van der Waals surface area (Å²) in [4.78, 5) is 26.1. The number of nitrogens with one attached hydrogen (secondary N) is 1. The highest BCUT2D eigenvalue weighted by Crippen LogP contribution is 2.33. The molecule has 0 unspecified atom stereocenters. The van der Waals surface area contributed by atoms with Crippen LogP contribution in [-0.4, -0.2) is 25.4 Å². The zero-order valence-corrected chi connectivity index (χ0v) is 16.7. The highest BCUT2D eigenvalue weighted by Gasteiger charge is 2.20. The lowest BCUT2D eigenvalue weighted by molar-refractivity contribution is 0.0720. The van der Waals surface area contributed by atoms with Crippen LogP contribution in [0.5, 0.6) is 0 Å². The maximum Gasteiger partial charge on any atom is 0.320 e. The summed E-state index contributed by atoms with van der Waals surface area (Å²) in [5, 5.41) is 3.94. The Morgan fingerprint density at radius 1 is 1.14 bits per heavy atom. The number of thiazole rings is 1. The van der Waals surface area contributed by atoms with Gasteiger partial charge in [0.25, 0.3) is 5.91 Å². The van der Waals surface area contributed by atoms with Crippen molar-refractivity contribution in [2.45, 2.75) is 27.3 Å². The zero-order valence-electron chi connectivity index (χ0n) is 15.9. The van der Waals surface area contributed by atoms with Gasteiger partial charge in [-0.15, -0.1) is 0 Å². The fraction of sp³-hybridized carbons (Fsp3) is 0.200. The van der Waals surface area contributed by atoms with Crippen LogP contribution in [0.15, 0.2) is 36.7 Å². The van der Waals surface area contributed by atoms with E-state index >= 15 is 0 Å². The smallest absolute Gasteiger partial charge is 0.298 e. The van der Waals surface area contributed by atoms with E-state index in [1.54, 1.807) is 19.9 Å². The van der Waals surface area contributed by atoms with E-state index < -0.39 is 6.55 Å². The van der Waals surface area contributed by atoms with Crippen molar-refractivity contribution in [3.05, 3.63) is 59.2 Å². The first-order valence-corrected chi connectivity index (χ1v) is 9.63. The van der Waals surface area contributed by atoms with E-state index in [0.29, 0.717) is 27.0 Å². The van der Waals surface area contributed by atoms with Crippen molar-refractivity contribution in [3.8, 4) is 10.7 Å². The largest absolute Gasteiger partial charge is 0.320 e. The first-order chi connectivity index (χ1) is 13.8. The fourth-order valence-corrected chi connectivity index (χ4v) is 4.05. The van der Waals surface area contributed by atoms with Crippen molar-refractivity contribution in [1.82, 2.24) is 19.5 Å². The molecule has 0 bridgehead atoms. The highest BCUT2D eigenvalue weighted by atomic mass is 32.1. The summed E-state index contributed by atoms with van der Waals surface area (Å²) in [6, 6.07) is 7.65. The number of imidazole rings is 1. The lowest BCUT2D eigenvalue weighted by atomic mass is 10.1. The molecule has 1 aromatic carbocycles. The maximum absolute atomic E-state index is 13.1. The van der Waals surface area contributed by atoms with Crippen molar-refractivity contribution in [1.29, 1.82) is 0 Å². The number of carbonyl (C=O) groups is 1. The Labute approximate surface area is 169 Å². The highest BCUT2D eigenvalue weighted by molar-refractivity contribution is 7.19. The molecular formula is C20H17F2N5OS. The van der Waals surface area contributed by atoms with Crippen LogP contribution in [0.3, 0.4) is 0 Å². The Morgan fingerprint density at radius 2 is 1.93 bits per heavy atom. The van der Waals surface area contributed by atoms with Crippen LogP contribution < -0.4 is 5.32 Å². The summed E-state index contributed by atoms with van der Waals surface area (Å²) in [6.45, 7) is 2.73. The number of fused-ring (bicyclic) bond motifs is 1. The van der Waals surface area contributed by atoms with E-state index in [2.05, 4.69) is 20.3 Å². The molecular weight excluding hydrogens is 396 g/mol. The summed E-state index contributed by atoms with van der Waals surface area (Å²) < 4.78 is 27.1. The van der Waals surface area contributed by atoms with E-state index in [1.807, 2.05) is 25.1 Å². The molecule has 9 heteroatoms. The minimum Gasteiger partial charge on any atom is -0.298 e. The van der Waals surface area contributed by atoms with Gasteiger partial charge >= 0.3 is 6.55 Å². The van der Waals surface area contributed by atoms with Crippen LogP contribution in [-0.2, 0) is 0 Å². The average molecular weight is 413 g/mol. The number of alkyl halides is 2. The Kier molecular flexibility index (Phi) is 4.83. The predicted molar refractivity (Wildman–Crippen MR) is 108 cm³/mol. The van der Waals surface area contributed by atoms with Crippen molar-refractivity contribution in [2.24, 2.45) is 0 Å². The molecule has 0 aliphatic carbocycles. The SMILES string of the molecule is Cc1ccc2nc(C)c(C(=O)Nc3nc(C)c(-c4nccn4C(F)F)s3)cc2c1. The molecule has 3 heterocycles. The van der Waals surface area contributed by atoms with Gasteiger partial charge in [-0.3, -0.25) is 19.7 Å². The minimum absolute atomic E-state index is 0.120. The van der Waals surface area contributed by atoms with Gasteiger partial charge in [0.2, 0.25) is 0 Å². The van der Waals surface area contributed by atoms with E-state index in [0.717, 1.165) is 32.4 Å². The number of nitrogens with zero attached hydrogens (tertiary/aromatic N) is 4. The quantitative estimate of drug-likeness (QED) is 0.504. The summed E-state index contributed by atoms with van der Waals surface area (Å²) in [5.41, 5.74) is 3.44. The third-order valence-corrected chi connectivity index (χ3v) is 5.57. The molecule has 0 fully saturated rings. The number of carbonyl (C=O) groups excluding carboxylic acids is 1. The van der Waals surface area contributed by atoms with Crippen molar-refractivity contribution in [3.63, 3.8) is 0 Å². The fourth-order valence-electron chi connectivity index (χ4n) is 3.09. The lowest BCUT2D eigenvalue weighted by Crippen LogP contribution is -2.14. The van der Waals surface area contributed by atoms with Gasteiger partial charge in [-0.2, -0.15) is 8.78 Å². The summed E-state index contributed by atoms with van der Waals surface area (Å²) in [6.07, 6.45) is 2.52. The number of anilines is 1. The summed E-state index contributed by atoms with van der Waals surface area (Å²) in [5.74, 6) is -0.231. The molecule has 3 aromatic heterocycles. The zero-order chi connectivity index (χ0) is 20.7. The van der Waals surface area contributed by atoms with E-state index in [1.165, 1.54) is 12.4 Å². The number of hydrogen-bond acceptors (Lipinski definition) is 5. The molecule has 0 radical (unpaired) electrons. The van der Waals surface area contributed by atoms with Gasteiger partial charge in [-0.1, -0.05) is 23.0 Å². The second-order valence-electron chi connectivity index (χ2n) is 6.64. The molecule has 1 N–H and O–H groups in total. The number of pyridine rings is 1. The van der Waals surface area contributed by atoms with Crippen LogP contribution in [0.25, 0.3) is 21.6 Å². The third-order valence-electron chi connectivity index (χ3n) is 4.50. The number of benzene rings is 1. The first-order valence-electron chi connectivity index (χ1n) is 8.81. The van der Waals surface area contributed by atoms with Crippen LogP contribution in [0.2, 0.25) is 0 Å². The summed E-state index contributed by atoms with van der Waals surface area (Å²) >= 11 is 1.10. The van der Waals surface area contributed by atoms with E-state index in [9.17, 15) is 13.6 Å². The van der Waals surface area contributed by atoms with Gasteiger partial charge in [0.05, 0.1) is 27.3 Å². The van der Waals surface area contributed by atoms with Gasteiger partial charge in [0, 0.05) is 17.8 Å². The van der Waals surface area contributed by atoms with Gasteiger partial charge in [0.15, 0.2) is 11.0 Å². The van der Waals surface area contributed by atoms with Gasteiger partial charge in [0.1, 0.15) is 0 Å². The Balaban J connectivity index is 1.65. The number of rotatable bonds is 4. The van der Waals surface area contributed by atoms with E-state index in [-0.39, 0.29) is 11.7 Å². The van der Waals surface area contributed by atoms with Crippen molar-refractivity contribution in [2.75, 3.05) is 5.32 Å². The number of amides is 1. The molecule has 0 aliphatic heterocycles. The topological polar surface area (TPSA) is 72.7 Å². The Hall–Kier alpha value is -3.20. The minimum atomic E-state index is -2.71. The number of hydrogen-bond donors (Lipinski definition) is 1. The Morgan fingerprint density at radius 3 is 2.69 bits per heavy atom. The van der Waals surface area contributed by atoms with Crippen LogP contribution in [0.1, 0.15) is 33.9 Å². The van der Waals surface area contributed by atoms with Crippen LogP contribution in [0.4, 0.5) is 13.9 Å². The predicted octanol–water partition coefficient (Wildman–Crippen LogP) is 5.13. The number of aromatic nitrogens is 4. The molecule has 148 valence electrons. The summed E-state index contributed by atoms with van der Waals surface area (Å²) in [7, 11) is 0. The molecule has 0 atom stereocenters. The molecule has 6 nitrogen and oxygen atoms in total. The van der Waals surface area contributed by atoms with Crippen LogP contribution in [0, 0.1) is 20.8 Å². The second-order valence-corrected chi connectivity index (χ2v) is 7.64. The van der Waals surface area contributed by atoms with E-state index in [4.69, 9.17) is 0 Å². The van der Waals surface area contributed by atoms with Crippen molar-refractivity contribution < 1.29 is 13.6 Å². The van der Waals surface area contributed by atoms with Gasteiger partial charge in [-0.25, -0.2) is 9.97 Å². The molecule has 0 saturated heterocycles. The second kappa shape index (κ2) is 7.32. The maximum atomic E-state index is 13.1. The normalized spacial score (nSPS) is 11.4. The molecule has 0 spiro atoms. The third kappa shape index (κ3) is 3.61. The molecule has 1 amide bonds. The molecule has 0 aliphatic rings. The van der Waals surface area contributed by atoms with Gasteiger partial charge < -0.3 is 0 Å². The van der Waals surface area contributed by atoms with Crippen molar-refractivity contribution >= 4 is 33.3 Å². The molecule has 0 saturated carbocycles. The van der Waals surface area contributed by atoms with Gasteiger partial charge in [-0.05, 0) is 39.0 Å². The lowest BCUT2D eigenvalue weighted by Gasteiger charge is -2.07. The molecule has 4 rings (SSSR count). The average Bonchev–Trinajstić information content (AvgIpc) is 3.27. The van der Waals surface area contributed by atoms with Crippen LogP contribution >= 0.6 is 11.3 Å². The number of aryl methyl sites for hydroxylation is 3. The monoisotopic (exact) mass is 413 g/mol. The number of halogens is 2. The Bertz CT molecular complexity index is 1230.